The standard InChI is InChI=1S/C24H18ClNO5/c25-16-7-5-15(6-8-16)13-29-17-9-10-21-22(11-17)31-18(14-30-21)12-26-23(27)19-3-1-2-4-20(19)24(26)28/h1-11,18H,12-14H2/t18-/m1/s1. The zero-order chi connectivity index (χ0) is 21.4. The lowest BCUT2D eigenvalue weighted by molar-refractivity contribution is 0.0428. The highest BCUT2D eigenvalue weighted by molar-refractivity contribution is 6.30. The van der Waals surface area contributed by atoms with Gasteiger partial charge in [0, 0.05) is 11.1 Å². The van der Waals surface area contributed by atoms with Crippen molar-refractivity contribution in [3.63, 3.8) is 0 Å². The molecule has 156 valence electrons. The molecule has 0 N–H and O–H groups in total. The van der Waals surface area contributed by atoms with Crippen LogP contribution in [0.25, 0.3) is 0 Å². The number of amides is 2. The first-order valence-electron chi connectivity index (χ1n) is 9.84. The molecule has 0 aliphatic carbocycles. The van der Waals surface area contributed by atoms with Gasteiger partial charge in [0.05, 0.1) is 17.7 Å². The number of nitrogens with zero attached hydrogens (tertiary/aromatic N) is 1. The van der Waals surface area contributed by atoms with Gasteiger partial charge in [-0.05, 0) is 42.0 Å². The van der Waals surface area contributed by atoms with Crippen molar-refractivity contribution in [3.05, 3.63) is 88.4 Å². The van der Waals surface area contributed by atoms with Crippen molar-refractivity contribution in [3.8, 4) is 17.2 Å². The molecular formula is C24H18ClNO5. The molecule has 0 spiro atoms. The van der Waals surface area contributed by atoms with E-state index in [0.29, 0.717) is 40.0 Å². The Bertz CT molecular complexity index is 1130. The monoisotopic (exact) mass is 435 g/mol. The van der Waals surface area contributed by atoms with Gasteiger partial charge in [0.25, 0.3) is 11.8 Å². The van der Waals surface area contributed by atoms with E-state index in [1.165, 1.54) is 4.90 Å². The zero-order valence-electron chi connectivity index (χ0n) is 16.4. The van der Waals surface area contributed by atoms with Gasteiger partial charge < -0.3 is 14.2 Å². The average Bonchev–Trinajstić information content (AvgIpc) is 3.03. The Hall–Kier alpha value is -3.51. The smallest absolute Gasteiger partial charge is 0.261 e. The van der Waals surface area contributed by atoms with E-state index in [1.807, 2.05) is 30.3 Å². The fourth-order valence-electron chi connectivity index (χ4n) is 3.63. The maximum absolute atomic E-state index is 12.6. The van der Waals surface area contributed by atoms with Crippen LogP contribution < -0.4 is 14.2 Å². The van der Waals surface area contributed by atoms with Gasteiger partial charge in [-0.3, -0.25) is 14.5 Å². The third kappa shape index (κ3) is 3.82. The second-order valence-corrected chi connectivity index (χ2v) is 7.78. The van der Waals surface area contributed by atoms with Gasteiger partial charge in [-0.2, -0.15) is 0 Å². The van der Waals surface area contributed by atoms with Crippen LogP contribution in [-0.2, 0) is 6.61 Å². The normalized spacial score (nSPS) is 16.9. The van der Waals surface area contributed by atoms with E-state index in [2.05, 4.69) is 0 Å². The Labute approximate surface area is 183 Å². The number of carbonyl (C=O) groups excluding carboxylic acids is 2. The minimum absolute atomic E-state index is 0.113. The number of rotatable bonds is 5. The minimum atomic E-state index is -0.471. The lowest BCUT2D eigenvalue weighted by Gasteiger charge is -2.29. The van der Waals surface area contributed by atoms with Crippen molar-refractivity contribution in [1.82, 2.24) is 4.90 Å². The van der Waals surface area contributed by atoms with E-state index < -0.39 is 6.10 Å². The molecule has 31 heavy (non-hydrogen) atoms. The van der Waals surface area contributed by atoms with Crippen LogP contribution in [0.5, 0.6) is 17.2 Å². The van der Waals surface area contributed by atoms with Crippen molar-refractivity contribution in [2.24, 2.45) is 0 Å². The molecule has 0 saturated heterocycles. The van der Waals surface area contributed by atoms with Crippen LogP contribution in [0.4, 0.5) is 0 Å². The molecule has 3 aromatic carbocycles. The summed E-state index contributed by atoms with van der Waals surface area (Å²) in [4.78, 5) is 26.4. The SMILES string of the molecule is O=C1c2ccccc2C(=O)N1C[C@@H]1COc2ccc(OCc3ccc(Cl)cc3)cc2O1. The zero-order valence-corrected chi connectivity index (χ0v) is 17.2. The number of halogens is 1. The van der Waals surface area contributed by atoms with Gasteiger partial charge in [0.1, 0.15) is 19.0 Å². The molecule has 5 rings (SSSR count). The quantitative estimate of drug-likeness (QED) is 0.557. The van der Waals surface area contributed by atoms with Crippen LogP contribution >= 0.6 is 11.6 Å². The van der Waals surface area contributed by atoms with Crippen LogP contribution in [0.2, 0.25) is 5.02 Å². The van der Waals surface area contributed by atoms with Crippen LogP contribution in [0.3, 0.4) is 0 Å². The summed E-state index contributed by atoms with van der Waals surface area (Å²) in [6.45, 7) is 0.738. The topological polar surface area (TPSA) is 65.1 Å². The summed E-state index contributed by atoms with van der Waals surface area (Å²) in [6.07, 6.45) is -0.471. The van der Waals surface area contributed by atoms with Crippen molar-refractivity contribution in [2.45, 2.75) is 12.7 Å². The van der Waals surface area contributed by atoms with E-state index in [0.717, 1.165) is 5.56 Å². The summed E-state index contributed by atoms with van der Waals surface area (Å²) in [7, 11) is 0. The molecule has 2 amide bonds. The number of hydrogen-bond acceptors (Lipinski definition) is 5. The third-order valence-electron chi connectivity index (χ3n) is 5.22. The number of fused-ring (bicyclic) bond motifs is 2. The summed E-state index contributed by atoms with van der Waals surface area (Å²) in [5.41, 5.74) is 1.83. The third-order valence-corrected chi connectivity index (χ3v) is 5.47. The summed E-state index contributed by atoms with van der Waals surface area (Å²) in [6, 6.07) is 19.6. The number of imide groups is 1. The fourth-order valence-corrected chi connectivity index (χ4v) is 3.76. The van der Waals surface area contributed by atoms with Crippen molar-refractivity contribution in [2.75, 3.05) is 13.2 Å². The minimum Gasteiger partial charge on any atom is -0.489 e. The van der Waals surface area contributed by atoms with Gasteiger partial charge in [-0.1, -0.05) is 35.9 Å². The number of ether oxygens (including phenoxy) is 3. The van der Waals surface area contributed by atoms with Crippen molar-refractivity contribution >= 4 is 23.4 Å². The van der Waals surface area contributed by atoms with Crippen LogP contribution in [0.1, 0.15) is 26.3 Å². The Balaban J connectivity index is 1.26. The second-order valence-electron chi connectivity index (χ2n) is 7.34. The summed E-state index contributed by atoms with van der Waals surface area (Å²) >= 11 is 5.91. The van der Waals surface area contributed by atoms with Crippen LogP contribution in [0, 0.1) is 0 Å². The highest BCUT2D eigenvalue weighted by Crippen LogP contribution is 2.36. The first-order chi connectivity index (χ1) is 15.1. The van der Waals surface area contributed by atoms with Gasteiger partial charge in [0.15, 0.2) is 17.6 Å². The van der Waals surface area contributed by atoms with Gasteiger partial charge in [-0.15, -0.1) is 0 Å². The van der Waals surface area contributed by atoms with E-state index in [1.54, 1.807) is 36.4 Å². The maximum atomic E-state index is 12.6. The van der Waals surface area contributed by atoms with E-state index >= 15 is 0 Å². The fraction of sp³-hybridized carbons (Fsp3) is 0.167. The maximum Gasteiger partial charge on any atom is 0.261 e. The lowest BCUT2D eigenvalue weighted by atomic mass is 10.1. The predicted molar refractivity (Wildman–Crippen MR) is 114 cm³/mol. The largest absolute Gasteiger partial charge is 0.489 e. The summed E-state index contributed by atoms with van der Waals surface area (Å²) < 4.78 is 17.7. The molecule has 0 aromatic heterocycles. The Morgan fingerprint density at radius 1 is 0.935 bits per heavy atom. The molecule has 0 saturated carbocycles. The number of benzene rings is 3. The number of carbonyl (C=O) groups is 2. The molecule has 7 heteroatoms. The molecule has 3 aromatic rings. The van der Waals surface area contributed by atoms with Gasteiger partial charge >= 0.3 is 0 Å². The first-order valence-corrected chi connectivity index (χ1v) is 10.2. The Morgan fingerprint density at radius 3 is 2.35 bits per heavy atom. The van der Waals surface area contributed by atoms with Crippen LogP contribution in [-0.4, -0.2) is 36.0 Å². The molecule has 6 nitrogen and oxygen atoms in total. The number of hydrogen-bond donors (Lipinski definition) is 0. The highest BCUT2D eigenvalue weighted by atomic mass is 35.5. The molecule has 2 heterocycles. The highest BCUT2D eigenvalue weighted by Gasteiger charge is 2.37. The Kier molecular flexibility index (Phi) is 5.00. The van der Waals surface area contributed by atoms with E-state index in [-0.39, 0.29) is 25.0 Å². The van der Waals surface area contributed by atoms with Crippen molar-refractivity contribution < 1.29 is 23.8 Å². The van der Waals surface area contributed by atoms with Crippen LogP contribution in [0.15, 0.2) is 66.7 Å². The molecule has 2 aliphatic heterocycles. The predicted octanol–water partition coefficient (Wildman–Crippen LogP) is 4.36. The van der Waals surface area contributed by atoms with Gasteiger partial charge in [-0.25, -0.2) is 0 Å². The van der Waals surface area contributed by atoms with Gasteiger partial charge in [0.2, 0.25) is 0 Å². The van der Waals surface area contributed by atoms with E-state index in [4.69, 9.17) is 25.8 Å². The molecule has 0 bridgehead atoms. The molecule has 0 fully saturated rings. The molecule has 1 atom stereocenters. The van der Waals surface area contributed by atoms with E-state index in [9.17, 15) is 9.59 Å². The molecule has 0 unspecified atom stereocenters. The molecular weight excluding hydrogens is 418 g/mol. The first kappa shape index (κ1) is 19.5. The summed E-state index contributed by atoms with van der Waals surface area (Å²) in [5.74, 6) is 1.11. The second kappa shape index (κ2) is 7.96. The van der Waals surface area contributed by atoms with Crippen molar-refractivity contribution in [1.29, 1.82) is 0 Å². The Morgan fingerprint density at radius 2 is 1.65 bits per heavy atom. The molecule has 0 radical (unpaired) electrons. The average molecular weight is 436 g/mol. The lowest BCUT2D eigenvalue weighted by Crippen LogP contribution is -2.43. The summed E-state index contributed by atoms with van der Waals surface area (Å²) in [5, 5.41) is 0.673. The molecule has 2 aliphatic rings.